The number of likely N-dealkylation sites (tertiary alicyclic amines) is 1. The van der Waals surface area contributed by atoms with Crippen LogP contribution in [0.3, 0.4) is 0 Å². The molecule has 3 aromatic rings. The van der Waals surface area contributed by atoms with Crippen LogP contribution in [0.15, 0.2) is 77.7 Å². The Kier molecular flexibility index (Phi) is 7.38. The zero-order chi connectivity index (χ0) is 28.7. The van der Waals surface area contributed by atoms with Crippen LogP contribution in [0.5, 0.6) is 5.75 Å². The number of benzene rings is 3. The number of aliphatic hydroxyl groups is 1. The van der Waals surface area contributed by atoms with E-state index in [-0.39, 0.29) is 18.0 Å². The van der Waals surface area contributed by atoms with Crippen molar-refractivity contribution in [2.75, 3.05) is 18.0 Å². The van der Waals surface area contributed by atoms with E-state index < -0.39 is 46.4 Å². The number of nitrogens with one attached hydrogen (secondary N) is 1. The van der Waals surface area contributed by atoms with Gasteiger partial charge < -0.3 is 25.4 Å². The van der Waals surface area contributed by atoms with Crippen LogP contribution < -0.4 is 20.1 Å². The standard InChI is InChI=1S/C27H27F3N4O5S/c28-27(29,30)39-19-11-13-20(14-12-19)40(37,38)32-21-15-33(26(31)36)16-24(25(21)35)34-22-7-3-1-5-17(22)9-10-18-6-2-4-8-23(18)34/h1-8,11-14,21,24-25,32,35H,9-10,15-16H2,(H2,31,36)/t21-,24?,25+/m1/s1. The number of aryl methyl sites for hydroxylation is 2. The second kappa shape index (κ2) is 10.6. The number of aliphatic hydroxyl groups excluding tert-OH is 1. The maximum absolute atomic E-state index is 13.2. The van der Waals surface area contributed by atoms with E-state index >= 15 is 0 Å². The number of sulfonamides is 1. The summed E-state index contributed by atoms with van der Waals surface area (Å²) in [7, 11) is -4.33. The van der Waals surface area contributed by atoms with Crippen molar-refractivity contribution < 1.29 is 36.2 Å². The number of ether oxygens (including phenoxy) is 1. The zero-order valence-electron chi connectivity index (χ0n) is 21.1. The van der Waals surface area contributed by atoms with E-state index in [1.807, 2.05) is 53.4 Å². The van der Waals surface area contributed by atoms with Gasteiger partial charge in [0.1, 0.15) is 5.75 Å². The summed E-state index contributed by atoms with van der Waals surface area (Å²) in [6.07, 6.45) is -4.73. The summed E-state index contributed by atoms with van der Waals surface area (Å²) < 4.78 is 70.2. The first-order chi connectivity index (χ1) is 18.9. The molecular formula is C27H27F3N4O5S. The SMILES string of the molecule is NC(=O)N1CC(N2c3ccccc3CCc3ccccc32)[C@@H](O)[C@H](NS(=O)(=O)c2ccc(OC(F)(F)F)cc2)C1. The number of fused-ring (bicyclic) bond motifs is 2. The number of urea groups is 1. The van der Waals surface area contributed by atoms with E-state index in [9.17, 15) is 31.5 Å². The maximum Gasteiger partial charge on any atom is 0.573 e. The van der Waals surface area contributed by atoms with Gasteiger partial charge >= 0.3 is 12.4 Å². The van der Waals surface area contributed by atoms with Gasteiger partial charge in [-0.05, 0) is 60.4 Å². The number of halogens is 3. The summed E-state index contributed by atoms with van der Waals surface area (Å²) in [5, 5.41) is 11.6. The van der Waals surface area contributed by atoms with Crippen molar-refractivity contribution in [2.45, 2.75) is 42.3 Å². The van der Waals surface area contributed by atoms with Crippen LogP contribution in [0.1, 0.15) is 11.1 Å². The fourth-order valence-electron chi connectivity index (χ4n) is 5.30. The third-order valence-electron chi connectivity index (χ3n) is 7.11. The minimum Gasteiger partial charge on any atom is -0.406 e. The third kappa shape index (κ3) is 5.71. The highest BCUT2D eigenvalue weighted by Gasteiger charge is 2.43. The molecule has 2 aliphatic rings. The molecule has 0 aromatic heterocycles. The van der Waals surface area contributed by atoms with E-state index in [1.165, 1.54) is 4.90 Å². The van der Waals surface area contributed by atoms with Crippen molar-refractivity contribution in [2.24, 2.45) is 5.73 Å². The van der Waals surface area contributed by atoms with Gasteiger partial charge in [0.15, 0.2) is 0 Å². The molecule has 0 bridgehead atoms. The number of para-hydroxylation sites is 2. The molecule has 1 unspecified atom stereocenters. The van der Waals surface area contributed by atoms with Crippen molar-refractivity contribution in [3.8, 4) is 5.75 Å². The van der Waals surface area contributed by atoms with E-state index in [0.717, 1.165) is 59.6 Å². The molecule has 0 spiro atoms. The van der Waals surface area contributed by atoms with Crippen molar-refractivity contribution in [3.63, 3.8) is 0 Å². The first-order valence-corrected chi connectivity index (χ1v) is 14.0. The molecular weight excluding hydrogens is 549 g/mol. The first kappa shape index (κ1) is 27.7. The highest BCUT2D eigenvalue weighted by molar-refractivity contribution is 7.89. The van der Waals surface area contributed by atoms with Crippen LogP contribution in [0.4, 0.5) is 29.3 Å². The Bertz CT molecular complexity index is 1450. The lowest BCUT2D eigenvalue weighted by Gasteiger charge is -2.46. The van der Waals surface area contributed by atoms with Crippen molar-refractivity contribution in [1.82, 2.24) is 9.62 Å². The molecule has 2 amide bonds. The van der Waals surface area contributed by atoms with E-state index in [2.05, 4.69) is 9.46 Å². The van der Waals surface area contributed by atoms with Crippen LogP contribution in [-0.4, -0.2) is 62.1 Å². The number of primary amides is 1. The number of carbonyl (C=O) groups excluding carboxylic acids is 1. The summed E-state index contributed by atoms with van der Waals surface area (Å²) in [4.78, 5) is 15.2. The molecule has 1 saturated heterocycles. The van der Waals surface area contributed by atoms with Crippen LogP contribution in [0.25, 0.3) is 0 Å². The number of amides is 2. The molecule has 2 heterocycles. The lowest BCUT2D eigenvalue weighted by molar-refractivity contribution is -0.274. The zero-order valence-corrected chi connectivity index (χ0v) is 21.9. The number of rotatable bonds is 5. The normalized spacial score (nSPS) is 21.2. The predicted molar refractivity (Wildman–Crippen MR) is 141 cm³/mol. The van der Waals surface area contributed by atoms with Gasteiger partial charge in [-0.1, -0.05) is 36.4 Å². The number of anilines is 2. The monoisotopic (exact) mass is 576 g/mol. The largest absolute Gasteiger partial charge is 0.573 e. The van der Waals surface area contributed by atoms with Gasteiger partial charge in [-0.15, -0.1) is 13.2 Å². The van der Waals surface area contributed by atoms with E-state index in [1.54, 1.807) is 0 Å². The summed E-state index contributed by atoms with van der Waals surface area (Å²) >= 11 is 0. The molecule has 13 heteroatoms. The molecule has 212 valence electrons. The molecule has 3 aromatic carbocycles. The predicted octanol–water partition coefficient (Wildman–Crippen LogP) is 3.29. The van der Waals surface area contributed by atoms with Gasteiger partial charge in [0.2, 0.25) is 10.0 Å². The summed E-state index contributed by atoms with van der Waals surface area (Å²) in [5.74, 6) is -0.581. The van der Waals surface area contributed by atoms with Gasteiger partial charge in [0, 0.05) is 24.5 Å². The number of nitrogens with zero attached hydrogens (tertiary/aromatic N) is 2. The molecule has 3 atom stereocenters. The lowest BCUT2D eigenvalue weighted by Crippen LogP contribution is -2.66. The Morgan fingerprint density at radius 2 is 1.48 bits per heavy atom. The number of hydrogen-bond donors (Lipinski definition) is 3. The minimum absolute atomic E-state index is 0.0286. The number of piperidine rings is 1. The summed E-state index contributed by atoms with van der Waals surface area (Å²) in [6.45, 7) is -0.181. The number of nitrogens with two attached hydrogens (primary N) is 1. The van der Waals surface area contributed by atoms with E-state index in [0.29, 0.717) is 0 Å². The molecule has 5 rings (SSSR count). The van der Waals surface area contributed by atoms with Gasteiger partial charge in [0.25, 0.3) is 0 Å². The maximum atomic E-state index is 13.2. The molecule has 0 saturated carbocycles. The highest BCUT2D eigenvalue weighted by Crippen LogP contribution is 2.39. The molecule has 1 fully saturated rings. The van der Waals surface area contributed by atoms with Crippen LogP contribution in [0, 0.1) is 0 Å². The first-order valence-electron chi connectivity index (χ1n) is 12.5. The number of alkyl halides is 3. The van der Waals surface area contributed by atoms with E-state index in [4.69, 9.17) is 5.73 Å². The van der Waals surface area contributed by atoms with Crippen LogP contribution >= 0.6 is 0 Å². The van der Waals surface area contributed by atoms with Crippen molar-refractivity contribution in [3.05, 3.63) is 83.9 Å². The van der Waals surface area contributed by atoms with Crippen LogP contribution in [0.2, 0.25) is 0 Å². The number of hydrogen-bond acceptors (Lipinski definition) is 6. The Balaban J connectivity index is 1.49. The Labute approximate surface area is 229 Å². The molecule has 40 heavy (non-hydrogen) atoms. The third-order valence-corrected chi connectivity index (χ3v) is 8.62. The molecule has 0 aliphatic carbocycles. The van der Waals surface area contributed by atoms with Crippen molar-refractivity contribution >= 4 is 27.4 Å². The van der Waals surface area contributed by atoms with Crippen LogP contribution in [-0.2, 0) is 22.9 Å². The Hall–Kier alpha value is -3.81. The molecule has 4 N–H and O–H groups in total. The quantitative estimate of drug-likeness (QED) is 0.428. The molecule has 9 nitrogen and oxygen atoms in total. The average Bonchev–Trinajstić information content (AvgIpc) is 3.06. The topological polar surface area (TPSA) is 125 Å². The Morgan fingerprint density at radius 1 is 0.925 bits per heavy atom. The van der Waals surface area contributed by atoms with Gasteiger partial charge in [-0.2, -0.15) is 0 Å². The van der Waals surface area contributed by atoms with Gasteiger partial charge in [0.05, 0.1) is 23.1 Å². The molecule has 0 radical (unpaired) electrons. The lowest BCUT2D eigenvalue weighted by atomic mass is 9.94. The Morgan fingerprint density at radius 3 is 2.00 bits per heavy atom. The minimum atomic E-state index is -4.93. The second-order valence-electron chi connectivity index (χ2n) is 9.68. The second-order valence-corrected chi connectivity index (χ2v) is 11.4. The molecule has 2 aliphatic heterocycles. The fraction of sp³-hybridized carbons (Fsp3) is 0.296. The summed E-state index contributed by atoms with van der Waals surface area (Å²) in [5.41, 5.74) is 9.34. The summed E-state index contributed by atoms with van der Waals surface area (Å²) in [6, 6.07) is 16.3. The van der Waals surface area contributed by atoms with Gasteiger partial charge in [-0.25, -0.2) is 17.9 Å². The fourth-order valence-corrected chi connectivity index (χ4v) is 6.54. The number of carbonyl (C=O) groups is 1. The van der Waals surface area contributed by atoms with Crippen molar-refractivity contribution in [1.29, 1.82) is 0 Å². The average molecular weight is 577 g/mol. The van der Waals surface area contributed by atoms with Gasteiger partial charge in [-0.3, -0.25) is 0 Å². The smallest absolute Gasteiger partial charge is 0.406 e. The highest BCUT2D eigenvalue weighted by atomic mass is 32.2.